The normalized spacial score (nSPS) is 11.3. The van der Waals surface area contributed by atoms with Crippen LogP contribution in [0.15, 0.2) is 0 Å². The lowest BCUT2D eigenvalue weighted by Crippen LogP contribution is -2.36. The van der Waals surface area contributed by atoms with Gasteiger partial charge in [0.25, 0.3) is 0 Å². The van der Waals surface area contributed by atoms with Gasteiger partial charge < -0.3 is 10.0 Å². The Morgan fingerprint density at radius 1 is 1.24 bits per heavy atom. The van der Waals surface area contributed by atoms with Crippen LogP contribution in [0.5, 0.6) is 0 Å². The first-order valence-corrected chi connectivity index (χ1v) is 6.26. The van der Waals surface area contributed by atoms with Crippen LogP contribution in [-0.4, -0.2) is 35.0 Å². The van der Waals surface area contributed by atoms with Crippen molar-refractivity contribution in [2.75, 3.05) is 13.1 Å². The molecule has 4 heteroatoms. The van der Waals surface area contributed by atoms with Crippen molar-refractivity contribution < 1.29 is 14.7 Å². The summed E-state index contributed by atoms with van der Waals surface area (Å²) in [4.78, 5) is 23.9. The molecule has 0 atom stereocenters. The molecule has 100 valence electrons. The monoisotopic (exact) mass is 243 g/mol. The average molecular weight is 243 g/mol. The van der Waals surface area contributed by atoms with Gasteiger partial charge in [0.2, 0.25) is 5.91 Å². The predicted molar refractivity (Wildman–Crippen MR) is 67.8 cm³/mol. The van der Waals surface area contributed by atoms with Crippen LogP contribution < -0.4 is 0 Å². The van der Waals surface area contributed by atoms with Gasteiger partial charge in [-0.1, -0.05) is 27.7 Å². The molecule has 0 rings (SSSR count). The van der Waals surface area contributed by atoms with Gasteiger partial charge in [-0.05, 0) is 24.7 Å². The van der Waals surface area contributed by atoms with E-state index in [-0.39, 0.29) is 17.9 Å². The maximum Gasteiger partial charge on any atom is 0.323 e. The molecule has 0 heterocycles. The lowest BCUT2D eigenvalue weighted by molar-refractivity contribution is -0.144. The molecule has 0 aliphatic carbocycles. The summed E-state index contributed by atoms with van der Waals surface area (Å²) in [6.07, 6.45) is 3.04. The molecule has 0 aromatic rings. The second-order valence-corrected chi connectivity index (χ2v) is 5.62. The van der Waals surface area contributed by atoms with Crippen molar-refractivity contribution in [3.63, 3.8) is 0 Å². The van der Waals surface area contributed by atoms with Crippen LogP contribution in [0, 0.1) is 5.41 Å². The van der Waals surface area contributed by atoms with Gasteiger partial charge in [-0.25, -0.2) is 0 Å². The van der Waals surface area contributed by atoms with Crippen LogP contribution >= 0.6 is 0 Å². The summed E-state index contributed by atoms with van der Waals surface area (Å²) in [5.41, 5.74) is 0.225. The van der Waals surface area contributed by atoms with Gasteiger partial charge in [0.1, 0.15) is 6.54 Å². The molecule has 0 spiro atoms. The highest BCUT2D eigenvalue weighted by Crippen LogP contribution is 2.21. The van der Waals surface area contributed by atoms with Crippen molar-refractivity contribution >= 4 is 11.9 Å². The SMILES string of the molecule is CCCN(CC(=O)O)C(=O)CCCC(C)(C)C. The average Bonchev–Trinajstić information content (AvgIpc) is 2.14. The quantitative estimate of drug-likeness (QED) is 0.747. The van der Waals surface area contributed by atoms with E-state index in [2.05, 4.69) is 20.8 Å². The van der Waals surface area contributed by atoms with Crippen LogP contribution in [0.3, 0.4) is 0 Å². The number of hydrogen-bond acceptors (Lipinski definition) is 2. The fourth-order valence-corrected chi connectivity index (χ4v) is 1.65. The molecular formula is C13H25NO3. The Kier molecular flexibility index (Phi) is 6.85. The van der Waals surface area contributed by atoms with Crippen molar-refractivity contribution in [2.45, 2.75) is 53.4 Å². The largest absolute Gasteiger partial charge is 0.480 e. The van der Waals surface area contributed by atoms with Gasteiger partial charge in [-0.15, -0.1) is 0 Å². The zero-order valence-electron chi connectivity index (χ0n) is 11.5. The zero-order chi connectivity index (χ0) is 13.5. The van der Waals surface area contributed by atoms with E-state index in [4.69, 9.17) is 5.11 Å². The first-order chi connectivity index (χ1) is 7.76. The van der Waals surface area contributed by atoms with Crippen LogP contribution in [0.2, 0.25) is 0 Å². The van der Waals surface area contributed by atoms with E-state index in [1.807, 2.05) is 6.92 Å². The number of amides is 1. The number of nitrogens with zero attached hydrogens (tertiary/aromatic N) is 1. The van der Waals surface area contributed by atoms with Crippen molar-refractivity contribution in [2.24, 2.45) is 5.41 Å². The van der Waals surface area contributed by atoms with Gasteiger partial charge in [-0.2, -0.15) is 0 Å². The lowest BCUT2D eigenvalue weighted by Gasteiger charge is -2.22. The standard InChI is InChI=1S/C13H25NO3/c1-5-9-14(10-12(16)17)11(15)7-6-8-13(2,3)4/h5-10H2,1-4H3,(H,16,17). The molecule has 1 N–H and O–H groups in total. The fraction of sp³-hybridized carbons (Fsp3) is 0.846. The van der Waals surface area contributed by atoms with Crippen molar-refractivity contribution in [1.29, 1.82) is 0 Å². The summed E-state index contributed by atoms with van der Waals surface area (Å²) >= 11 is 0. The minimum atomic E-state index is -0.942. The summed E-state index contributed by atoms with van der Waals surface area (Å²) in [6.45, 7) is 8.70. The predicted octanol–water partition coefficient (Wildman–Crippen LogP) is 2.53. The molecule has 0 bridgehead atoms. The summed E-state index contributed by atoms with van der Waals surface area (Å²) in [6, 6.07) is 0. The highest BCUT2D eigenvalue weighted by molar-refractivity contribution is 5.81. The fourth-order valence-electron chi connectivity index (χ4n) is 1.65. The van der Waals surface area contributed by atoms with Gasteiger partial charge in [0, 0.05) is 13.0 Å². The Balaban J connectivity index is 4.10. The number of carboxylic acids is 1. The molecule has 0 radical (unpaired) electrons. The highest BCUT2D eigenvalue weighted by Gasteiger charge is 2.17. The molecule has 0 fully saturated rings. The summed E-state index contributed by atoms with van der Waals surface area (Å²) in [5.74, 6) is -0.985. The van der Waals surface area contributed by atoms with Crippen LogP contribution in [-0.2, 0) is 9.59 Å². The van der Waals surface area contributed by atoms with E-state index in [1.165, 1.54) is 4.90 Å². The molecule has 0 unspecified atom stereocenters. The highest BCUT2D eigenvalue weighted by atomic mass is 16.4. The number of rotatable bonds is 7. The zero-order valence-corrected chi connectivity index (χ0v) is 11.5. The molecule has 0 aliphatic heterocycles. The van der Waals surface area contributed by atoms with E-state index in [9.17, 15) is 9.59 Å². The maximum atomic E-state index is 11.8. The van der Waals surface area contributed by atoms with Crippen LogP contribution in [0.4, 0.5) is 0 Å². The minimum absolute atomic E-state index is 0.0431. The van der Waals surface area contributed by atoms with Crippen LogP contribution in [0.1, 0.15) is 53.4 Å². The van der Waals surface area contributed by atoms with Crippen LogP contribution in [0.25, 0.3) is 0 Å². The summed E-state index contributed by atoms with van der Waals surface area (Å²) in [5, 5.41) is 8.72. The van der Waals surface area contributed by atoms with E-state index in [0.29, 0.717) is 13.0 Å². The maximum absolute atomic E-state index is 11.8. The molecule has 0 aliphatic rings. The smallest absolute Gasteiger partial charge is 0.323 e. The third-order valence-electron chi connectivity index (χ3n) is 2.49. The van der Waals surface area contributed by atoms with Crippen molar-refractivity contribution in [3.05, 3.63) is 0 Å². The molecule has 0 saturated heterocycles. The van der Waals surface area contributed by atoms with E-state index < -0.39 is 5.97 Å². The Morgan fingerprint density at radius 3 is 2.24 bits per heavy atom. The number of carbonyl (C=O) groups is 2. The Hall–Kier alpha value is -1.06. The van der Waals surface area contributed by atoms with Gasteiger partial charge in [-0.3, -0.25) is 9.59 Å². The van der Waals surface area contributed by atoms with E-state index in [0.717, 1.165) is 19.3 Å². The third kappa shape index (κ3) is 8.72. The molecule has 4 nitrogen and oxygen atoms in total. The second kappa shape index (κ2) is 7.30. The summed E-state index contributed by atoms with van der Waals surface area (Å²) in [7, 11) is 0. The number of carboxylic acid groups (broad SMARTS) is 1. The van der Waals surface area contributed by atoms with Gasteiger partial charge in [0.15, 0.2) is 0 Å². The first-order valence-electron chi connectivity index (χ1n) is 6.26. The lowest BCUT2D eigenvalue weighted by atomic mass is 9.90. The molecule has 0 saturated carbocycles. The number of carbonyl (C=O) groups excluding carboxylic acids is 1. The first kappa shape index (κ1) is 15.9. The Morgan fingerprint density at radius 2 is 1.82 bits per heavy atom. The van der Waals surface area contributed by atoms with E-state index in [1.54, 1.807) is 0 Å². The van der Waals surface area contributed by atoms with Gasteiger partial charge in [0.05, 0.1) is 0 Å². The third-order valence-corrected chi connectivity index (χ3v) is 2.49. The molecular weight excluding hydrogens is 218 g/mol. The van der Waals surface area contributed by atoms with Crippen molar-refractivity contribution in [3.8, 4) is 0 Å². The number of hydrogen-bond donors (Lipinski definition) is 1. The summed E-state index contributed by atoms with van der Waals surface area (Å²) < 4.78 is 0. The molecule has 0 aromatic carbocycles. The van der Waals surface area contributed by atoms with E-state index >= 15 is 0 Å². The molecule has 17 heavy (non-hydrogen) atoms. The Labute approximate surface area is 104 Å². The second-order valence-electron chi connectivity index (χ2n) is 5.62. The molecule has 0 aromatic heterocycles. The topological polar surface area (TPSA) is 57.6 Å². The minimum Gasteiger partial charge on any atom is -0.480 e. The Bertz CT molecular complexity index is 256. The number of aliphatic carboxylic acids is 1. The van der Waals surface area contributed by atoms with Gasteiger partial charge >= 0.3 is 5.97 Å². The molecule has 1 amide bonds. The van der Waals surface area contributed by atoms with Crippen molar-refractivity contribution in [1.82, 2.24) is 4.90 Å².